The first-order valence-electron chi connectivity index (χ1n) is 6.06. The molecule has 0 saturated carbocycles. The monoisotopic (exact) mass is 233 g/mol. The fourth-order valence-corrected chi connectivity index (χ4v) is 1.90. The molecule has 0 radical (unpaired) electrons. The van der Waals surface area contributed by atoms with Crippen LogP contribution in [0, 0.1) is 13.8 Å². The van der Waals surface area contributed by atoms with Crippen molar-refractivity contribution >= 4 is 0 Å². The largest absolute Gasteiger partial charge is 0.467 e. The maximum absolute atomic E-state index is 5.70. The highest BCUT2D eigenvalue weighted by Crippen LogP contribution is 2.27. The molecule has 3 heteroatoms. The molecule has 0 bridgehead atoms. The lowest BCUT2D eigenvalue weighted by molar-refractivity contribution is 0.379. The Bertz CT molecular complexity index is 470. The third-order valence-corrected chi connectivity index (χ3v) is 2.81. The molecule has 92 valence electrons. The summed E-state index contributed by atoms with van der Waals surface area (Å²) in [5.74, 6) is 2.77. The number of aryl methyl sites for hydroxylation is 2. The van der Waals surface area contributed by atoms with Crippen LogP contribution in [0.25, 0.3) is 0 Å². The van der Waals surface area contributed by atoms with E-state index in [4.69, 9.17) is 8.83 Å². The van der Waals surface area contributed by atoms with Gasteiger partial charge in [0.05, 0.1) is 6.26 Å². The number of hydrogen-bond donors (Lipinski definition) is 1. The number of hydrogen-bond acceptors (Lipinski definition) is 3. The Morgan fingerprint density at radius 3 is 2.59 bits per heavy atom. The summed E-state index contributed by atoms with van der Waals surface area (Å²) in [4.78, 5) is 0. The summed E-state index contributed by atoms with van der Waals surface area (Å²) in [5, 5.41) is 3.45. The summed E-state index contributed by atoms with van der Waals surface area (Å²) >= 11 is 0. The first-order valence-corrected chi connectivity index (χ1v) is 6.06. The SMILES string of the molecule is CCCNC(c1ccc(C)o1)c1occc1C. The smallest absolute Gasteiger partial charge is 0.131 e. The maximum Gasteiger partial charge on any atom is 0.131 e. The molecule has 1 N–H and O–H groups in total. The highest BCUT2D eigenvalue weighted by Gasteiger charge is 2.21. The summed E-state index contributed by atoms with van der Waals surface area (Å²) in [7, 11) is 0. The summed E-state index contributed by atoms with van der Waals surface area (Å²) in [6, 6.07) is 5.98. The Morgan fingerprint density at radius 1 is 1.24 bits per heavy atom. The van der Waals surface area contributed by atoms with Crippen molar-refractivity contribution in [3.8, 4) is 0 Å². The summed E-state index contributed by atoms with van der Waals surface area (Å²) in [6.45, 7) is 7.08. The standard InChI is InChI=1S/C14H19NO2/c1-4-8-15-13(12-6-5-11(3)17-12)14-10(2)7-9-16-14/h5-7,9,13,15H,4,8H2,1-3H3. The molecule has 0 spiro atoms. The molecule has 2 aromatic rings. The molecule has 17 heavy (non-hydrogen) atoms. The second-order valence-corrected chi connectivity index (χ2v) is 4.30. The molecule has 0 amide bonds. The van der Waals surface area contributed by atoms with E-state index in [0.29, 0.717) is 0 Å². The molecule has 3 nitrogen and oxygen atoms in total. The Balaban J connectivity index is 2.28. The zero-order valence-electron chi connectivity index (χ0n) is 10.6. The van der Waals surface area contributed by atoms with Crippen LogP contribution in [0.5, 0.6) is 0 Å². The fraction of sp³-hybridized carbons (Fsp3) is 0.429. The van der Waals surface area contributed by atoms with Gasteiger partial charge in [-0.2, -0.15) is 0 Å². The molecule has 2 rings (SSSR count). The zero-order valence-corrected chi connectivity index (χ0v) is 10.6. The van der Waals surface area contributed by atoms with E-state index in [1.54, 1.807) is 6.26 Å². The quantitative estimate of drug-likeness (QED) is 0.857. The highest BCUT2D eigenvalue weighted by atomic mass is 16.4. The van der Waals surface area contributed by atoms with Gasteiger partial charge in [-0.15, -0.1) is 0 Å². The van der Waals surface area contributed by atoms with Crippen LogP contribution in [0.4, 0.5) is 0 Å². The van der Waals surface area contributed by atoms with Gasteiger partial charge >= 0.3 is 0 Å². The van der Waals surface area contributed by atoms with E-state index in [1.165, 1.54) is 0 Å². The van der Waals surface area contributed by atoms with E-state index >= 15 is 0 Å². The van der Waals surface area contributed by atoms with Crippen LogP contribution in [0.15, 0.2) is 33.3 Å². The normalized spacial score (nSPS) is 12.9. The van der Waals surface area contributed by atoms with E-state index in [1.807, 2.05) is 25.1 Å². The predicted molar refractivity (Wildman–Crippen MR) is 67.0 cm³/mol. The molecule has 2 aromatic heterocycles. The minimum absolute atomic E-state index is 0.0126. The van der Waals surface area contributed by atoms with Crippen LogP contribution in [-0.4, -0.2) is 6.54 Å². The number of rotatable bonds is 5. The minimum Gasteiger partial charge on any atom is -0.467 e. The van der Waals surface area contributed by atoms with Gasteiger partial charge in [-0.3, -0.25) is 0 Å². The van der Waals surface area contributed by atoms with Gasteiger partial charge in [-0.05, 0) is 50.6 Å². The maximum atomic E-state index is 5.70. The molecule has 0 saturated heterocycles. The van der Waals surface area contributed by atoms with Crippen LogP contribution in [-0.2, 0) is 0 Å². The van der Waals surface area contributed by atoms with Gasteiger partial charge in [0.15, 0.2) is 0 Å². The highest BCUT2D eigenvalue weighted by molar-refractivity contribution is 5.26. The van der Waals surface area contributed by atoms with Gasteiger partial charge in [0.25, 0.3) is 0 Å². The van der Waals surface area contributed by atoms with E-state index in [9.17, 15) is 0 Å². The predicted octanol–water partition coefficient (Wildman–Crippen LogP) is 3.58. The molecule has 0 fully saturated rings. The van der Waals surface area contributed by atoms with E-state index < -0.39 is 0 Å². The summed E-state index contributed by atoms with van der Waals surface area (Å²) < 4.78 is 11.3. The zero-order chi connectivity index (χ0) is 12.3. The Kier molecular flexibility index (Phi) is 3.69. The van der Waals surface area contributed by atoms with E-state index in [-0.39, 0.29) is 6.04 Å². The van der Waals surface area contributed by atoms with Crippen LogP contribution >= 0.6 is 0 Å². The molecular weight excluding hydrogens is 214 g/mol. The van der Waals surface area contributed by atoms with Crippen LogP contribution in [0.2, 0.25) is 0 Å². The van der Waals surface area contributed by atoms with Gasteiger partial charge < -0.3 is 14.2 Å². The van der Waals surface area contributed by atoms with Crippen molar-refractivity contribution in [2.75, 3.05) is 6.54 Å². The summed E-state index contributed by atoms with van der Waals surface area (Å²) in [6.07, 6.45) is 2.80. The molecular formula is C14H19NO2. The van der Waals surface area contributed by atoms with Crippen molar-refractivity contribution in [3.63, 3.8) is 0 Å². The second-order valence-electron chi connectivity index (χ2n) is 4.30. The van der Waals surface area contributed by atoms with Crippen molar-refractivity contribution in [2.24, 2.45) is 0 Å². The van der Waals surface area contributed by atoms with Crippen LogP contribution in [0.1, 0.15) is 42.2 Å². The van der Waals surface area contributed by atoms with Gasteiger partial charge in [0.2, 0.25) is 0 Å². The Labute approximate surface area is 102 Å². The van der Waals surface area contributed by atoms with Gasteiger partial charge in [0, 0.05) is 0 Å². The molecule has 0 aliphatic carbocycles. The molecule has 1 atom stereocenters. The summed E-state index contributed by atoms with van der Waals surface area (Å²) in [5.41, 5.74) is 1.15. The molecule has 1 unspecified atom stereocenters. The fourth-order valence-electron chi connectivity index (χ4n) is 1.90. The lowest BCUT2D eigenvalue weighted by Crippen LogP contribution is -2.22. The van der Waals surface area contributed by atoms with Crippen LogP contribution in [0.3, 0.4) is 0 Å². The minimum atomic E-state index is 0.0126. The first kappa shape index (κ1) is 12.0. The van der Waals surface area contributed by atoms with Gasteiger partial charge in [0.1, 0.15) is 23.3 Å². The Morgan fingerprint density at radius 2 is 2.06 bits per heavy atom. The number of furan rings is 2. The third kappa shape index (κ3) is 2.61. The van der Waals surface area contributed by atoms with E-state index in [0.717, 1.165) is 35.8 Å². The van der Waals surface area contributed by atoms with Crippen molar-refractivity contribution in [1.82, 2.24) is 5.32 Å². The average molecular weight is 233 g/mol. The van der Waals surface area contributed by atoms with Crippen LogP contribution < -0.4 is 5.32 Å². The molecule has 0 aromatic carbocycles. The molecule has 2 heterocycles. The topological polar surface area (TPSA) is 38.3 Å². The molecule has 0 aliphatic heterocycles. The van der Waals surface area contributed by atoms with Crippen molar-refractivity contribution in [3.05, 3.63) is 47.3 Å². The average Bonchev–Trinajstić information content (AvgIpc) is 2.90. The van der Waals surface area contributed by atoms with Crippen molar-refractivity contribution in [2.45, 2.75) is 33.2 Å². The van der Waals surface area contributed by atoms with E-state index in [2.05, 4.69) is 19.2 Å². The molecule has 0 aliphatic rings. The Hall–Kier alpha value is -1.48. The van der Waals surface area contributed by atoms with Crippen molar-refractivity contribution in [1.29, 1.82) is 0 Å². The lowest BCUT2D eigenvalue weighted by atomic mass is 10.1. The van der Waals surface area contributed by atoms with Gasteiger partial charge in [-0.25, -0.2) is 0 Å². The van der Waals surface area contributed by atoms with Gasteiger partial charge in [-0.1, -0.05) is 6.92 Å². The van der Waals surface area contributed by atoms with Crippen molar-refractivity contribution < 1.29 is 8.83 Å². The third-order valence-electron chi connectivity index (χ3n) is 2.81. The lowest BCUT2D eigenvalue weighted by Gasteiger charge is -2.14. The number of nitrogens with one attached hydrogen (secondary N) is 1. The first-order chi connectivity index (χ1) is 8.22. The second kappa shape index (κ2) is 5.23.